The van der Waals surface area contributed by atoms with Gasteiger partial charge in [-0.15, -0.1) is 0 Å². The van der Waals surface area contributed by atoms with Gasteiger partial charge >= 0.3 is 0 Å². The summed E-state index contributed by atoms with van der Waals surface area (Å²) in [6.45, 7) is 7.10. The molecule has 0 saturated heterocycles. The third-order valence-electron chi connectivity index (χ3n) is 4.93. The van der Waals surface area contributed by atoms with Crippen molar-refractivity contribution in [1.82, 2.24) is 9.78 Å². The predicted octanol–water partition coefficient (Wildman–Crippen LogP) is 6.19. The molecule has 0 fully saturated rings. The average molecular weight is 352 g/mol. The molecule has 0 N–H and O–H groups in total. The van der Waals surface area contributed by atoms with Crippen molar-refractivity contribution in [2.75, 3.05) is 0 Å². The van der Waals surface area contributed by atoms with E-state index < -0.39 is 0 Å². The van der Waals surface area contributed by atoms with Crippen molar-refractivity contribution in [2.45, 2.75) is 27.3 Å². The van der Waals surface area contributed by atoms with Crippen molar-refractivity contribution >= 4 is 0 Å². The van der Waals surface area contributed by atoms with E-state index in [9.17, 15) is 0 Å². The van der Waals surface area contributed by atoms with E-state index in [0.717, 1.165) is 23.5 Å². The molecular weight excluding hydrogens is 328 g/mol. The number of aromatic nitrogens is 2. The number of benzene rings is 3. The average Bonchev–Trinajstić information content (AvgIpc) is 3.08. The summed E-state index contributed by atoms with van der Waals surface area (Å²) in [5.41, 5.74) is 9.56. The van der Waals surface area contributed by atoms with Crippen molar-refractivity contribution < 1.29 is 0 Å². The molecule has 0 saturated carbocycles. The Bertz CT molecular complexity index is 1040. The highest BCUT2D eigenvalue weighted by Gasteiger charge is 2.12. The Labute approximate surface area is 161 Å². The summed E-state index contributed by atoms with van der Waals surface area (Å²) in [6, 6.07) is 28.1. The highest BCUT2D eigenvalue weighted by Crippen LogP contribution is 2.27. The maximum Gasteiger partial charge on any atom is 0.0929 e. The van der Waals surface area contributed by atoms with E-state index in [1.54, 1.807) is 0 Å². The van der Waals surface area contributed by atoms with Gasteiger partial charge in [-0.2, -0.15) is 5.10 Å². The van der Waals surface area contributed by atoms with Gasteiger partial charge in [-0.25, -0.2) is 0 Å². The second-order valence-corrected chi connectivity index (χ2v) is 7.29. The van der Waals surface area contributed by atoms with Gasteiger partial charge in [0.15, 0.2) is 0 Å². The lowest BCUT2D eigenvalue weighted by Crippen LogP contribution is -2.04. The van der Waals surface area contributed by atoms with Crippen LogP contribution in [-0.4, -0.2) is 9.78 Å². The van der Waals surface area contributed by atoms with Crippen molar-refractivity contribution in [3.63, 3.8) is 0 Å². The number of rotatable bonds is 4. The summed E-state index contributed by atoms with van der Waals surface area (Å²) in [6.07, 6.45) is 0. The molecule has 4 rings (SSSR count). The number of aryl methyl sites for hydroxylation is 3. The van der Waals surface area contributed by atoms with Crippen molar-refractivity contribution in [2.24, 2.45) is 0 Å². The minimum absolute atomic E-state index is 0.759. The Balaban J connectivity index is 1.77. The molecule has 0 spiro atoms. The van der Waals surface area contributed by atoms with Crippen molar-refractivity contribution in [1.29, 1.82) is 0 Å². The van der Waals surface area contributed by atoms with Crippen molar-refractivity contribution in [3.05, 3.63) is 101 Å². The fourth-order valence-corrected chi connectivity index (χ4v) is 3.23. The van der Waals surface area contributed by atoms with E-state index in [2.05, 4.69) is 104 Å². The third-order valence-corrected chi connectivity index (χ3v) is 4.93. The fourth-order valence-electron chi connectivity index (χ4n) is 3.23. The lowest BCUT2D eigenvalue weighted by molar-refractivity contribution is 0.697. The Kier molecular flexibility index (Phi) is 4.64. The van der Waals surface area contributed by atoms with Gasteiger partial charge in [0.1, 0.15) is 0 Å². The topological polar surface area (TPSA) is 17.8 Å². The minimum Gasteiger partial charge on any atom is -0.260 e. The van der Waals surface area contributed by atoms with E-state index in [1.165, 1.54) is 27.8 Å². The number of hydrogen-bond donors (Lipinski definition) is 0. The molecule has 0 aliphatic rings. The Hall–Kier alpha value is -3.13. The van der Waals surface area contributed by atoms with Crippen LogP contribution < -0.4 is 0 Å². The highest BCUT2D eigenvalue weighted by molar-refractivity contribution is 5.69. The molecule has 2 heteroatoms. The van der Waals surface area contributed by atoms with Crippen LogP contribution in [-0.2, 0) is 6.54 Å². The lowest BCUT2D eigenvalue weighted by atomic mass is 10.1. The van der Waals surface area contributed by atoms with Crippen LogP contribution in [0.4, 0.5) is 0 Å². The summed E-state index contributed by atoms with van der Waals surface area (Å²) in [4.78, 5) is 0. The van der Waals surface area contributed by atoms with E-state index >= 15 is 0 Å². The van der Waals surface area contributed by atoms with Crippen LogP contribution in [0.1, 0.15) is 22.3 Å². The zero-order valence-corrected chi connectivity index (χ0v) is 16.1. The Morgan fingerprint density at radius 1 is 0.630 bits per heavy atom. The molecule has 2 nitrogen and oxygen atoms in total. The van der Waals surface area contributed by atoms with E-state index in [1.807, 2.05) is 0 Å². The highest BCUT2D eigenvalue weighted by atomic mass is 15.3. The van der Waals surface area contributed by atoms with Gasteiger partial charge in [-0.3, -0.25) is 4.68 Å². The normalized spacial score (nSPS) is 10.9. The van der Waals surface area contributed by atoms with Gasteiger partial charge in [0.05, 0.1) is 17.9 Å². The van der Waals surface area contributed by atoms with Crippen LogP contribution in [0.15, 0.2) is 78.9 Å². The van der Waals surface area contributed by atoms with Crippen LogP contribution in [0.25, 0.3) is 22.5 Å². The first-order chi connectivity index (χ1) is 13.1. The van der Waals surface area contributed by atoms with E-state index in [-0.39, 0.29) is 0 Å². The van der Waals surface area contributed by atoms with Gasteiger partial charge in [0.25, 0.3) is 0 Å². The monoisotopic (exact) mass is 352 g/mol. The standard InChI is InChI=1S/C25H24N2/c1-18-4-10-21(11-5-18)17-27-25(23-14-8-20(3)9-15-23)16-24(26-27)22-12-6-19(2)7-13-22/h4-16H,17H2,1-3H3. The molecule has 0 unspecified atom stereocenters. The van der Waals surface area contributed by atoms with E-state index in [4.69, 9.17) is 5.10 Å². The van der Waals surface area contributed by atoms with Crippen LogP contribution in [0.2, 0.25) is 0 Å². The Morgan fingerprint density at radius 2 is 1.11 bits per heavy atom. The quantitative estimate of drug-likeness (QED) is 0.428. The van der Waals surface area contributed by atoms with Gasteiger partial charge < -0.3 is 0 Å². The van der Waals surface area contributed by atoms with Gasteiger partial charge in [0.2, 0.25) is 0 Å². The summed E-state index contributed by atoms with van der Waals surface area (Å²) < 4.78 is 2.12. The SMILES string of the molecule is Cc1ccc(Cn2nc(-c3ccc(C)cc3)cc2-c2ccc(C)cc2)cc1. The zero-order chi connectivity index (χ0) is 18.8. The van der Waals surface area contributed by atoms with Crippen LogP contribution in [0.5, 0.6) is 0 Å². The first kappa shape index (κ1) is 17.3. The molecule has 0 radical (unpaired) electrons. The van der Waals surface area contributed by atoms with Gasteiger partial charge in [-0.05, 0) is 38.0 Å². The van der Waals surface area contributed by atoms with Crippen LogP contribution in [0, 0.1) is 20.8 Å². The molecule has 0 aliphatic heterocycles. The van der Waals surface area contributed by atoms with Crippen LogP contribution in [0.3, 0.4) is 0 Å². The Morgan fingerprint density at radius 3 is 1.67 bits per heavy atom. The second-order valence-electron chi connectivity index (χ2n) is 7.29. The molecule has 0 amide bonds. The number of hydrogen-bond acceptors (Lipinski definition) is 1. The molecule has 3 aromatic carbocycles. The molecule has 1 heterocycles. The van der Waals surface area contributed by atoms with Crippen molar-refractivity contribution in [3.8, 4) is 22.5 Å². The summed E-state index contributed by atoms with van der Waals surface area (Å²) in [7, 11) is 0. The number of nitrogens with zero attached hydrogens (tertiary/aromatic N) is 2. The molecule has 0 atom stereocenters. The molecule has 0 bridgehead atoms. The third kappa shape index (κ3) is 3.85. The molecule has 1 aromatic heterocycles. The van der Waals surface area contributed by atoms with Gasteiger partial charge in [-0.1, -0.05) is 89.5 Å². The van der Waals surface area contributed by atoms with E-state index in [0.29, 0.717) is 0 Å². The molecule has 4 aromatic rings. The van der Waals surface area contributed by atoms with Crippen LogP contribution >= 0.6 is 0 Å². The molecule has 27 heavy (non-hydrogen) atoms. The summed E-state index contributed by atoms with van der Waals surface area (Å²) >= 11 is 0. The molecule has 0 aliphatic carbocycles. The van der Waals surface area contributed by atoms with Gasteiger partial charge in [0, 0.05) is 5.56 Å². The largest absolute Gasteiger partial charge is 0.260 e. The lowest BCUT2D eigenvalue weighted by Gasteiger charge is -2.08. The zero-order valence-electron chi connectivity index (χ0n) is 16.1. The first-order valence-electron chi connectivity index (χ1n) is 9.36. The first-order valence-corrected chi connectivity index (χ1v) is 9.36. The summed E-state index contributed by atoms with van der Waals surface area (Å²) in [5.74, 6) is 0. The maximum absolute atomic E-state index is 4.94. The second kappa shape index (κ2) is 7.24. The predicted molar refractivity (Wildman–Crippen MR) is 113 cm³/mol. The minimum atomic E-state index is 0.759. The fraction of sp³-hybridized carbons (Fsp3) is 0.160. The smallest absolute Gasteiger partial charge is 0.0929 e. The summed E-state index contributed by atoms with van der Waals surface area (Å²) in [5, 5.41) is 4.94. The molecular formula is C25H24N2. The maximum atomic E-state index is 4.94. The molecule has 134 valence electrons.